The molecule has 0 bridgehead atoms. The van der Waals surface area contributed by atoms with Crippen LogP contribution in [0.25, 0.3) is 0 Å². The Hall–Kier alpha value is -1.03. The standard InChI is InChI=1S/C11H21N3O/c1-9(2)14-6-10(5-13-14)15-8-11(3,4)7-12/h5-6,9H,7-8,12H2,1-4H3. The molecular formula is C11H21N3O. The Balaban J connectivity index is 2.51. The summed E-state index contributed by atoms with van der Waals surface area (Å²) < 4.78 is 7.51. The van der Waals surface area contributed by atoms with Gasteiger partial charge in [-0.2, -0.15) is 5.10 Å². The zero-order chi connectivity index (χ0) is 11.5. The zero-order valence-electron chi connectivity index (χ0n) is 10.0. The van der Waals surface area contributed by atoms with Crippen LogP contribution in [0.1, 0.15) is 33.7 Å². The van der Waals surface area contributed by atoms with Crippen LogP contribution in [0.2, 0.25) is 0 Å². The average Bonchev–Trinajstić information content (AvgIpc) is 2.63. The minimum Gasteiger partial charge on any atom is -0.490 e. The second-order valence-corrected chi connectivity index (χ2v) is 4.91. The molecule has 86 valence electrons. The summed E-state index contributed by atoms with van der Waals surface area (Å²) >= 11 is 0. The molecule has 0 aliphatic heterocycles. The molecule has 1 rings (SSSR count). The van der Waals surface area contributed by atoms with Crippen LogP contribution in [0.4, 0.5) is 0 Å². The molecular weight excluding hydrogens is 190 g/mol. The highest BCUT2D eigenvalue weighted by molar-refractivity contribution is 5.12. The lowest BCUT2D eigenvalue weighted by Crippen LogP contribution is -2.30. The van der Waals surface area contributed by atoms with Crippen molar-refractivity contribution in [2.75, 3.05) is 13.2 Å². The Morgan fingerprint density at radius 2 is 2.20 bits per heavy atom. The maximum atomic E-state index is 5.63. The van der Waals surface area contributed by atoms with Crippen LogP contribution in [0.3, 0.4) is 0 Å². The van der Waals surface area contributed by atoms with E-state index in [1.165, 1.54) is 0 Å². The van der Waals surface area contributed by atoms with E-state index in [0.29, 0.717) is 19.2 Å². The molecule has 0 saturated heterocycles. The van der Waals surface area contributed by atoms with Gasteiger partial charge < -0.3 is 10.5 Å². The summed E-state index contributed by atoms with van der Waals surface area (Å²) in [5, 5.41) is 4.20. The molecule has 0 amide bonds. The first-order valence-corrected chi connectivity index (χ1v) is 5.31. The van der Waals surface area contributed by atoms with Crippen LogP contribution in [0.5, 0.6) is 5.75 Å². The second-order valence-electron chi connectivity index (χ2n) is 4.91. The average molecular weight is 211 g/mol. The van der Waals surface area contributed by atoms with E-state index >= 15 is 0 Å². The molecule has 0 spiro atoms. The molecule has 0 aliphatic rings. The van der Waals surface area contributed by atoms with Crippen LogP contribution < -0.4 is 10.5 Å². The normalized spacial score (nSPS) is 12.1. The summed E-state index contributed by atoms with van der Waals surface area (Å²) in [6.45, 7) is 9.57. The van der Waals surface area contributed by atoms with Gasteiger partial charge in [0.1, 0.15) is 0 Å². The van der Waals surface area contributed by atoms with Gasteiger partial charge in [0.2, 0.25) is 0 Å². The number of nitrogens with zero attached hydrogens (tertiary/aromatic N) is 2. The molecule has 0 fully saturated rings. The third-order valence-corrected chi connectivity index (χ3v) is 2.29. The monoisotopic (exact) mass is 211 g/mol. The van der Waals surface area contributed by atoms with Gasteiger partial charge in [-0.25, -0.2) is 0 Å². The van der Waals surface area contributed by atoms with Crippen LogP contribution in [0, 0.1) is 5.41 Å². The Morgan fingerprint density at radius 1 is 1.53 bits per heavy atom. The van der Waals surface area contributed by atoms with Crippen molar-refractivity contribution >= 4 is 0 Å². The summed E-state index contributed by atoms with van der Waals surface area (Å²) in [6.07, 6.45) is 3.66. The molecule has 0 aromatic carbocycles. The highest BCUT2D eigenvalue weighted by atomic mass is 16.5. The number of hydrogen-bond donors (Lipinski definition) is 1. The van der Waals surface area contributed by atoms with Gasteiger partial charge in [0.05, 0.1) is 19.0 Å². The fourth-order valence-electron chi connectivity index (χ4n) is 1.02. The van der Waals surface area contributed by atoms with Crippen molar-refractivity contribution in [3.8, 4) is 5.75 Å². The predicted octanol–water partition coefficient (Wildman–Crippen LogP) is 1.83. The zero-order valence-corrected chi connectivity index (χ0v) is 10.0. The van der Waals surface area contributed by atoms with Gasteiger partial charge in [0, 0.05) is 18.0 Å². The number of nitrogens with two attached hydrogens (primary N) is 1. The van der Waals surface area contributed by atoms with Crippen molar-refractivity contribution in [3.63, 3.8) is 0 Å². The van der Waals surface area contributed by atoms with Crippen molar-refractivity contribution in [2.24, 2.45) is 11.1 Å². The Labute approximate surface area is 91.4 Å². The van der Waals surface area contributed by atoms with Crippen molar-refractivity contribution in [3.05, 3.63) is 12.4 Å². The minimum atomic E-state index is 0.0138. The lowest BCUT2D eigenvalue weighted by Gasteiger charge is -2.21. The lowest BCUT2D eigenvalue weighted by atomic mass is 9.95. The largest absolute Gasteiger partial charge is 0.490 e. The van der Waals surface area contributed by atoms with Crippen LogP contribution in [-0.4, -0.2) is 22.9 Å². The summed E-state index contributed by atoms with van der Waals surface area (Å²) in [7, 11) is 0. The van der Waals surface area contributed by atoms with E-state index < -0.39 is 0 Å². The number of ether oxygens (including phenoxy) is 1. The maximum absolute atomic E-state index is 5.63. The molecule has 0 atom stereocenters. The first-order valence-electron chi connectivity index (χ1n) is 5.31. The molecule has 15 heavy (non-hydrogen) atoms. The van der Waals surface area contributed by atoms with E-state index in [0.717, 1.165) is 5.75 Å². The molecule has 0 aliphatic carbocycles. The van der Waals surface area contributed by atoms with Crippen LogP contribution in [-0.2, 0) is 0 Å². The number of aromatic nitrogens is 2. The summed E-state index contributed by atoms with van der Waals surface area (Å²) in [6, 6.07) is 0.366. The fourth-order valence-corrected chi connectivity index (χ4v) is 1.02. The van der Waals surface area contributed by atoms with Gasteiger partial charge in [0.25, 0.3) is 0 Å². The molecule has 0 unspecified atom stereocenters. The van der Waals surface area contributed by atoms with Crippen LogP contribution >= 0.6 is 0 Å². The Bertz CT molecular complexity index is 305. The first kappa shape index (κ1) is 12.0. The van der Waals surface area contributed by atoms with E-state index in [4.69, 9.17) is 10.5 Å². The van der Waals surface area contributed by atoms with E-state index in [9.17, 15) is 0 Å². The van der Waals surface area contributed by atoms with Crippen molar-refractivity contribution in [1.29, 1.82) is 0 Å². The summed E-state index contributed by atoms with van der Waals surface area (Å²) in [4.78, 5) is 0. The number of hydrogen-bond acceptors (Lipinski definition) is 3. The molecule has 1 aromatic heterocycles. The van der Waals surface area contributed by atoms with Gasteiger partial charge in [-0.1, -0.05) is 13.8 Å². The third kappa shape index (κ3) is 3.55. The molecule has 0 radical (unpaired) electrons. The highest BCUT2D eigenvalue weighted by Crippen LogP contribution is 2.17. The summed E-state index contributed by atoms with van der Waals surface area (Å²) in [5.41, 5.74) is 5.64. The second kappa shape index (κ2) is 4.66. The van der Waals surface area contributed by atoms with E-state index in [1.54, 1.807) is 6.20 Å². The smallest absolute Gasteiger partial charge is 0.157 e. The SMILES string of the molecule is CC(C)n1cc(OCC(C)(C)CN)cn1. The molecule has 0 saturated carbocycles. The van der Waals surface area contributed by atoms with E-state index in [1.807, 2.05) is 10.9 Å². The minimum absolute atomic E-state index is 0.0138. The molecule has 4 heteroatoms. The quantitative estimate of drug-likeness (QED) is 0.808. The maximum Gasteiger partial charge on any atom is 0.157 e. The molecule has 1 aromatic rings. The van der Waals surface area contributed by atoms with Crippen molar-refractivity contribution < 1.29 is 4.74 Å². The highest BCUT2D eigenvalue weighted by Gasteiger charge is 2.16. The van der Waals surface area contributed by atoms with Crippen molar-refractivity contribution in [2.45, 2.75) is 33.7 Å². The molecule has 2 N–H and O–H groups in total. The first-order chi connectivity index (χ1) is 6.94. The van der Waals surface area contributed by atoms with Gasteiger partial charge in [-0.3, -0.25) is 4.68 Å². The third-order valence-electron chi connectivity index (χ3n) is 2.29. The number of rotatable bonds is 5. The van der Waals surface area contributed by atoms with E-state index in [-0.39, 0.29) is 5.41 Å². The Morgan fingerprint density at radius 3 is 2.67 bits per heavy atom. The van der Waals surface area contributed by atoms with E-state index in [2.05, 4.69) is 32.8 Å². The predicted molar refractivity (Wildman–Crippen MR) is 60.9 cm³/mol. The van der Waals surface area contributed by atoms with Gasteiger partial charge >= 0.3 is 0 Å². The summed E-state index contributed by atoms with van der Waals surface area (Å²) in [5.74, 6) is 0.810. The van der Waals surface area contributed by atoms with Crippen molar-refractivity contribution in [1.82, 2.24) is 9.78 Å². The molecule has 4 nitrogen and oxygen atoms in total. The Kier molecular flexibility index (Phi) is 3.74. The fraction of sp³-hybridized carbons (Fsp3) is 0.727. The van der Waals surface area contributed by atoms with Gasteiger partial charge in [0.15, 0.2) is 5.75 Å². The molecule has 1 heterocycles. The van der Waals surface area contributed by atoms with Gasteiger partial charge in [-0.15, -0.1) is 0 Å². The topological polar surface area (TPSA) is 53.1 Å². The van der Waals surface area contributed by atoms with Gasteiger partial charge in [-0.05, 0) is 13.8 Å². The van der Waals surface area contributed by atoms with Crippen LogP contribution in [0.15, 0.2) is 12.4 Å². The lowest BCUT2D eigenvalue weighted by molar-refractivity contribution is 0.187.